The van der Waals surface area contributed by atoms with Crippen molar-refractivity contribution >= 4 is 5.97 Å². The number of morpholine rings is 1. The van der Waals surface area contributed by atoms with Gasteiger partial charge in [0.05, 0.1) is 19.8 Å². The number of rotatable bonds is 8. The van der Waals surface area contributed by atoms with E-state index in [1.165, 1.54) is 7.11 Å². The van der Waals surface area contributed by atoms with E-state index < -0.39 is 0 Å². The highest BCUT2D eigenvalue weighted by atomic mass is 16.5. The summed E-state index contributed by atoms with van der Waals surface area (Å²) in [6.45, 7) is 13.2. The van der Waals surface area contributed by atoms with Gasteiger partial charge in [0.15, 0.2) is 0 Å². The molecule has 1 fully saturated rings. The van der Waals surface area contributed by atoms with Gasteiger partial charge in [-0.05, 0) is 18.3 Å². The van der Waals surface area contributed by atoms with Gasteiger partial charge in [0.2, 0.25) is 0 Å². The molecule has 0 amide bonds. The van der Waals surface area contributed by atoms with Crippen LogP contribution in [-0.2, 0) is 14.3 Å². The largest absolute Gasteiger partial charge is 0.468 e. The second-order valence-electron chi connectivity index (χ2n) is 6.76. The fourth-order valence-electron chi connectivity index (χ4n) is 2.74. The minimum atomic E-state index is -0.237. The lowest BCUT2D eigenvalue weighted by Crippen LogP contribution is -2.50. The minimum absolute atomic E-state index is 0.150. The van der Waals surface area contributed by atoms with Gasteiger partial charge in [-0.2, -0.15) is 0 Å². The number of methoxy groups -OCH3 is 1. The Morgan fingerprint density at radius 1 is 1.33 bits per heavy atom. The molecule has 2 unspecified atom stereocenters. The van der Waals surface area contributed by atoms with Crippen LogP contribution < -0.4 is 5.32 Å². The number of nitrogens with one attached hydrogen (secondary N) is 1. The monoisotopic (exact) mass is 300 g/mol. The van der Waals surface area contributed by atoms with Crippen molar-refractivity contribution in [3.05, 3.63) is 0 Å². The van der Waals surface area contributed by atoms with Crippen LogP contribution >= 0.6 is 0 Å². The second kappa shape index (κ2) is 9.38. The van der Waals surface area contributed by atoms with E-state index in [2.05, 4.69) is 37.9 Å². The summed E-state index contributed by atoms with van der Waals surface area (Å²) in [5, 5.41) is 3.32. The van der Waals surface area contributed by atoms with Crippen molar-refractivity contribution in [2.24, 2.45) is 11.8 Å². The van der Waals surface area contributed by atoms with Crippen molar-refractivity contribution in [1.29, 1.82) is 0 Å². The first-order chi connectivity index (χ1) is 9.92. The SMILES string of the molecule is COC(=O)C(CC(C)C)NCC1CN(CC(C)C)CCO1. The average molecular weight is 300 g/mol. The first-order valence-corrected chi connectivity index (χ1v) is 8.07. The second-order valence-corrected chi connectivity index (χ2v) is 6.76. The zero-order chi connectivity index (χ0) is 15.8. The van der Waals surface area contributed by atoms with E-state index in [0.29, 0.717) is 18.4 Å². The van der Waals surface area contributed by atoms with Gasteiger partial charge in [-0.3, -0.25) is 9.69 Å². The Morgan fingerprint density at radius 2 is 2.05 bits per heavy atom. The number of carbonyl (C=O) groups is 1. The molecule has 1 N–H and O–H groups in total. The van der Waals surface area contributed by atoms with Crippen LogP contribution in [0.1, 0.15) is 34.1 Å². The smallest absolute Gasteiger partial charge is 0.322 e. The highest BCUT2D eigenvalue weighted by Gasteiger charge is 2.25. The summed E-state index contributed by atoms with van der Waals surface area (Å²) in [7, 11) is 1.44. The van der Waals surface area contributed by atoms with Crippen molar-refractivity contribution < 1.29 is 14.3 Å². The molecule has 0 spiro atoms. The van der Waals surface area contributed by atoms with Gasteiger partial charge < -0.3 is 14.8 Å². The molecule has 5 heteroatoms. The molecule has 124 valence electrons. The number of ether oxygens (including phenoxy) is 2. The third kappa shape index (κ3) is 7.25. The fourth-order valence-corrected chi connectivity index (χ4v) is 2.74. The zero-order valence-electron chi connectivity index (χ0n) is 14.2. The van der Waals surface area contributed by atoms with Gasteiger partial charge in [-0.25, -0.2) is 0 Å². The van der Waals surface area contributed by atoms with Gasteiger partial charge in [-0.15, -0.1) is 0 Å². The maximum absolute atomic E-state index is 11.8. The third-order valence-electron chi connectivity index (χ3n) is 3.63. The van der Waals surface area contributed by atoms with Crippen molar-refractivity contribution in [3.8, 4) is 0 Å². The molecular weight excluding hydrogens is 268 g/mol. The fraction of sp³-hybridized carbons (Fsp3) is 0.938. The number of hydrogen-bond acceptors (Lipinski definition) is 5. The first-order valence-electron chi connectivity index (χ1n) is 8.07. The van der Waals surface area contributed by atoms with Crippen LogP contribution in [0, 0.1) is 11.8 Å². The lowest BCUT2D eigenvalue weighted by molar-refractivity contribution is -0.143. The number of esters is 1. The van der Waals surface area contributed by atoms with Crippen LogP contribution in [0.25, 0.3) is 0 Å². The van der Waals surface area contributed by atoms with E-state index in [-0.39, 0.29) is 18.1 Å². The van der Waals surface area contributed by atoms with Gasteiger partial charge in [0.1, 0.15) is 6.04 Å². The molecule has 0 aromatic heterocycles. The molecule has 1 rings (SSSR count). The first kappa shape index (κ1) is 18.4. The summed E-state index contributed by atoms with van der Waals surface area (Å²) < 4.78 is 10.7. The van der Waals surface area contributed by atoms with Crippen LogP contribution in [0.5, 0.6) is 0 Å². The van der Waals surface area contributed by atoms with Gasteiger partial charge >= 0.3 is 5.97 Å². The summed E-state index contributed by atoms with van der Waals surface area (Å²) in [4.78, 5) is 14.2. The van der Waals surface area contributed by atoms with E-state index in [9.17, 15) is 4.79 Å². The molecule has 0 aromatic rings. The Kier molecular flexibility index (Phi) is 8.22. The number of carbonyl (C=O) groups excluding carboxylic acids is 1. The standard InChI is InChI=1S/C16H32N2O3/c1-12(2)8-15(16(19)20-5)17-9-14-11-18(6-7-21-14)10-13(3)4/h12-15,17H,6-11H2,1-5H3. The molecule has 2 atom stereocenters. The molecule has 1 saturated heterocycles. The van der Waals surface area contributed by atoms with Gasteiger partial charge in [-0.1, -0.05) is 27.7 Å². The van der Waals surface area contributed by atoms with Crippen LogP contribution in [0.2, 0.25) is 0 Å². The van der Waals surface area contributed by atoms with Crippen molar-refractivity contribution in [2.75, 3.05) is 39.9 Å². The Bertz CT molecular complexity index is 308. The Hall–Kier alpha value is -0.650. The van der Waals surface area contributed by atoms with E-state index in [1.54, 1.807) is 0 Å². The number of nitrogens with zero attached hydrogens (tertiary/aromatic N) is 1. The summed E-state index contributed by atoms with van der Waals surface area (Å²) in [6, 6.07) is -0.237. The molecule has 1 aliphatic rings. The molecule has 0 saturated carbocycles. The van der Waals surface area contributed by atoms with E-state index >= 15 is 0 Å². The average Bonchev–Trinajstić information content (AvgIpc) is 2.42. The quantitative estimate of drug-likeness (QED) is 0.689. The molecule has 5 nitrogen and oxygen atoms in total. The highest BCUT2D eigenvalue weighted by molar-refractivity contribution is 5.75. The molecular formula is C16H32N2O3. The maximum Gasteiger partial charge on any atom is 0.322 e. The van der Waals surface area contributed by atoms with Crippen LogP contribution in [0.4, 0.5) is 0 Å². The molecule has 0 radical (unpaired) electrons. The molecule has 1 heterocycles. The third-order valence-corrected chi connectivity index (χ3v) is 3.63. The minimum Gasteiger partial charge on any atom is -0.468 e. The summed E-state index contributed by atoms with van der Waals surface area (Å²) in [5.41, 5.74) is 0. The predicted octanol–water partition coefficient (Wildman–Crippen LogP) is 1.52. The topological polar surface area (TPSA) is 50.8 Å². The molecule has 0 aliphatic carbocycles. The molecule has 21 heavy (non-hydrogen) atoms. The van der Waals surface area contributed by atoms with E-state index in [1.807, 2.05) is 0 Å². The summed E-state index contributed by atoms with van der Waals surface area (Å²) >= 11 is 0. The maximum atomic E-state index is 11.8. The van der Waals surface area contributed by atoms with Crippen molar-refractivity contribution in [2.45, 2.75) is 46.3 Å². The van der Waals surface area contributed by atoms with E-state index in [4.69, 9.17) is 9.47 Å². The Balaban J connectivity index is 2.41. The van der Waals surface area contributed by atoms with Crippen LogP contribution in [0.15, 0.2) is 0 Å². The van der Waals surface area contributed by atoms with Gasteiger partial charge in [0, 0.05) is 26.2 Å². The van der Waals surface area contributed by atoms with E-state index in [0.717, 1.165) is 32.7 Å². The normalized spacial score (nSPS) is 21.8. The highest BCUT2D eigenvalue weighted by Crippen LogP contribution is 2.10. The summed E-state index contributed by atoms with van der Waals surface area (Å²) in [6.07, 6.45) is 0.937. The van der Waals surface area contributed by atoms with Crippen LogP contribution in [-0.4, -0.2) is 62.9 Å². The Morgan fingerprint density at radius 3 is 2.62 bits per heavy atom. The van der Waals surface area contributed by atoms with Crippen LogP contribution in [0.3, 0.4) is 0 Å². The molecule has 1 aliphatic heterocycles. The molecule has 0 aromatic carbocycles. The predicted molar refractivity (Wildman–Crippen MR) is 84.3 cm³/mol. The Labute approximate surface area is 129 Å². The lowest BCUT2D eigenvalue weighted by atomic mass is 10.0. The zero-order valence-corrected chi connectivity index (χ0v) is 14.2. The van der Waals surface area contributed by atoms with Gasteiger partial charge in [0.25, 0.3) is 0 Å². The van der Waals surface area contributed by atoms with Crippen molar-refractivity contribution in [1.82, 2.24) is 10.2 Å². The molecule has 0 bridgehead atoms. The lowest BCUT2D eigenvalue weighted by Gasteiger charge is -2.34. The summed E-state index contributed by atoms with van der Waals surface area (Å²) in [5.74, 6) is 0.935. The van der Waals surface area contributed by atoms with Crippen molar-refractivity contribution in [3.63, 3.8) is 0 Å². The number of hydrogen-bond donors (Lipinski definition) is 1.